The van der Waals surface area contributed by atoms with Crippen molar-refractivity contribution in [1.29, 1.82) is 0 Å². The van der Waals surface area contributed by atoms with Crippen molar-refractivity contribution in [2.24, 2.45) is 0 Å². The number of rotatable bonds is 4. The van der Waals surface area contributed by atoms with Crippen LogP contribution in [0.2, 0.25) is 0 Å². The van der Waals surface area contributed by atoms with Gasteiger partial charge in [0.05, 0.1) is 0 Å². The molecule has 5 heteroatoms. The molecule has 28 heavy (non-hydrogen) atoms. The third-order valence-electron chi connectivity index (χ3n) is 5.53. The number of benzene rings is 2. The summed E-state index contributed by atoms with van der Waals surface area (Å²) in [6, 6.07) is 15.5. The molecule has 1 atom stereocenters. The van der Waals surface area contributed by atoms with Crippen LogP contribution in [0.5, 0.6) is 11.5 Å². The first-order chi connectivity index (χ1) is 13.8. The van der Waals surface area contributed by atoms with Crippen molar-refractivity contribution >= 4 is 11.3 Å². The van der Waals surface area contributed by atoms with E-state index in [1.165, 1.54) is 34.4 Å². The zero-order valence-corrected chi connectivity index (χ0v) is 16.9. The number of thiazole rings is 1. The molecule has 0 saturated carbocycles. The van der Waals surface area contributed by atoms with Crippen LogP contribution in [-0.2, 0) is 6.54 Å². The molecule has 1 saturated heterocycles. The SMILES string of the molecule is Cc1ccc(-c2ncc(CN3CCCC3c3ccc4c(c3)OCCO4)s2)cc1. The average Bonchev–Trinajstić information content (AvgIpc) is 3.38. The first kappa shape index (κ1) is 17.7. The molecule has 0 N–H and O–H groups in total. The lowest BCUT2D eigenvalue weighted by Gasteiger charge is -2.26. The second-order valence-electron chi connectivity index (χ2n) is 7.53. The summed E-state index contributed by atoms with van der Waals surface area (Å²) in [5.74, 6) is 1.75. The molecule has 3 aromatic rings. The van der Waals surface area contributed by atoms with Gasteiger partial charge in [0.25, 0.3) is 0 Å². The Balaban J connectivity index is 1.33. The predicted molar refractivity (Wildman–Crippen MR) is 112 cm³/mol. The lowest BCUT2D eigenvalue weighted by Crippen LogP contribution is -2.22. The fourth-order valence-corrected chi connectivity index (χ4v) is 5.01. The van der Waals surface area contributed by atoms with Gasteiger partial charge < -0.3 is 9.47 Å². The largest absolute Gasteiger partial charge is 0.486 e. The van der Waals surface area contributed by atoms with Gasteiger partial charge in [-0.2, -0.15) is 0 Å². The van der Waals surface area contributed by atoms with Crippen LogP contribution in [0.4, 0.5) is 0 Å². The van der Waals surface area contributed by atoms with Gasteiger partial charge in [-0.25, -0.2) is 4.98 Å². The van der Waals surface area contributed by atoms with E-state index in [1.54, 1.807) is 11.3 Å². The average molecular weight is 393 g/mol. The highest BCUT2D eigenvalue weighted by Crippen LogP contribution is 2.39. The molecule has 4 nitrogen and oxygen atoms in total. The molecule has 2 aliphatic rings. The highest BCUT2D eigenvalue weighted by Gasteiger charge is 2.28. The van der Waals surface area contributed by atoms with Gasteiger partial charge in [0.15, 0.2) is 11.5 Å². The Kier molecular flexibility index (Phi) is 4.79. The van der Waals surface area contributed by atoms with Gasteiger partial charge in [-0.3, -0.25) is 4.90 Å². The Morgan fingerprint density at radius 3 is 2.75 bits per heavy atom. The van der Waals surface area contributed by atoms with Crippen molar-refractivity contribution in [3.8, 4) is 22.1 Å². The van der Waals surface area contributed by atoms with E-state index in [-0.39, 0.29) is 0 Å². The van der Waals surface area contributed by atoms with E-state index in [4.69, 9.17) is 9.47 Å². The molecule has 5 rings (SSSR count). The maximum Gasteiger partial charge on any atom is 0.161 e. The molecule has 0 bridgehead atoms. The summed E-state index contributed by atoms with van der Waals surface area (Å²) in [7, 11) is 0. The molecule has 1 fully saturated rings. The number of fused-ring (bicyclic) bond motifs is 1. The van der Waals surface area contributed by atoms with Crippen LogP contribution < -0.4 is 9.47 Å². The Bertz CT molecular complexity index is 967. The van der Waals surface area contributed by atoms with Crippen molar-refractivity contribution in [3.63, 3.8) is 0 Å². The maximum absolute atomic E-state index is 5.79. The molecule has 0 radical (unpaired) electrons. The fourth-order valence-electron chi connectivity index (χ4n) is 4.07. The fraction of sp³-hybridized carbons (Fsp3) is 0.348. The summed E-state index contributed by atoms with van der Waals surface area (Å²) < 4.78 is 11.5. The molecular weight excluding hydrogens is 368 g/mol. The second kappa shape index (κ2) is 7.57. The second-order valence-corrected chi connectivity index (χ2v) is 8.64. The highest BCUT2D eigenvalue weighted by atomic mass is 32.1. The van der Waals surface area contributed by atoms with E-state index in [0.29, 0.717) is 19.3 Å². The van der Waals surface area contributed by atoms with Crippen molar-refractivity contribution in [1.82, 2.24) is 9.88 Å². The lowest BCUT2D eigenvalue weighted by molar-refractivity contribution is 0.170. The smallest absolute Gasteiger partial charge is 0.161 e. The van der Waals surface area contributed by atoms with E-state index in [9.17, 15) is 0 Å². The van der Waals surface area contributed by atoms with Crippen molar-refractivity contribution in [3.05, 3.63) is 64.7 Å². The molecule has 2 aliphatic heterocycles. The molecular formula is C23H24N2O2S. The monoisotopic (exact) mass is 392 g/mol. The molecule has 144 valence electrons. The number of aryl methyl sites for hydroxylation is 1. The van der Waals surface area contributed by atoms with E-state index in [2.05, 4.69) is 59.3 Å². The van der Waals surface area contributed by atoms with E-state index < -0.39 is 0 Å². The quantitative estimate of drug-likeness (QED) is 0.609. The van der Waals surface area contributed by atoms with Gasteiger partial charge in [0, 0.05) is 29.2 Å². The van der Waals surface area contributed by atoms with Crippen molar-refractivity contribution in [2.75, 3.05) is 19.8 Å². The zero-order chi connectivity index (χ0) is 18.9. The number of aromatic nitrogens is 1. The Hall–Kier alpha value is -2.37. The molecule has 3 heterocycles. The van der Waals surface area contributed by atoms with Gasteiger partial charge in [-0.15, -0.1) is 11.3 Å². The molecule has 0 spiro atoms. The Morgan fingerprint density at radius 1 is 1.07 bits per heavy atom. The predicted octanol–water partition coefficient (Wildman–Crippen LogP) is 5.23. The summed E-state index contributed by atoms with van der Waals surface area (Å²) in [5, 5.41) is 1.10. The number of hydrogen-bond donors (Lipinski definition) is 0. The van der Waals surface area contributed by atoms with Gasteiger partial charge in [0.1, 0.15) is 18.2 Å². The van der Waals surface area contributed by atoms with Gasteiger partial charge in [-0.1, -0.05) is 35.9 Å². The lowest BCUT2D eigenvalue weighted by atomic mass is 10.0. The molecule has 0 aliphatic carbocycles. The van der Waals surface area contributed by atoms with Crippen LogP contribution in [0.1, 0.15) is 34.9 Å². The normalized spacial score (nSPS) is 19.1. The molecule has 1 unspecified atom stereocenters. The van der Waals surface area contributed by atoms with Crippen LogP contribution in [0.25, 0.3) is 10.6 Å². The van der Waals surface area contributed by atoms with E-state index in [1.807, 2.05) is 6.20 Å². The topological polar surface area (TPSA) is 34.6 Å². The van der Waals surface area contributed by atoms with Crippen molar-refractivity contribution < 1.29 is 9.47 Å². The minimum atomic E-state index is 0.431. The summed E-state index contributed by atoms with van der Waals surface area (Å²) in [6.45, 7) is 5.45. The third-order valence-corrected chi connectivity index (χ3v) is 6.56. The minimum Gasteiger partial charge on any atom is -0.486 e. The van der Waals surface area contributed by atoms with Gasteiger partial charge in [0.2, 0.25) is 0 Å². The summed E-state index contributed by atoms with van der Waals surface area (Å²) >= 11 is 1.80. The Labute approximate surface area is 169 Å². The molecule has 0 amide bonds. The molecule has 1 aromatic heterocycles. The summed E-state index contributed by atoms with van der Waals surface area (Å²) in [4.78, 5) is 8.56. The number of likely N-dealkylation sites (tertiary alicyclic amines) is 1. The van der Waals surface area contributed by atoms with Crippen LogP contribution in [-0.4, -0.2) is 29.6 Å². The number of ether oxygens (including phenoxy) is 2. The Morgan fingerprint density at radius 2 is 1.89 bits per heavy atom. The molecule has 2 aromatic carbocycles. The number of nitrogens with zero attached hydrogens (tertiary/aromatic N) is 2. The van der Waals surface area contributed by atoms with E-state index in [0.717, 1.165) is 29.6 Å². The first-order valence-electron chi connectivity index (χ1n) is 9.91. The summed E-state index contributed by atoms with van der Waals surface area (Å²) in [5.41, 5.74) is 3.80. The standard InChI is InChI=1S/C23H24N2O2S/c1-16-4-6-17(7-5-16)23-24-14-19(28-23)15-25-10-2-3-20(25)18-8-9-21-22(13-18)27-12-11-26-21/h4-9,13-14,20H,2-3,10-12,15H2,1H3. The van der Waals surface area contributed by atoms with Crippen molar-refractivity contribution in [2.45, 2.75) is 32.4 Å². The number of hydrogen-bond acceptors (Lipinski definition) is 5. The third kappa shape index (κ3) is 3.52. The van der Waals surface area contributed by atoms with Gasteiger partial charge in [-0.05, 0) is 44.0 Å². The minimum absolute atomic E-state index is 0.431. The highest BCUT2D eigenvalue weighted by molar-refractivity contribution is 7.15. The van der Waals surface area contributed by atoms with Crippen LogP contribution >= 0.6 is 11.3 Å². The van der Waals surface area contributed by atoms with E-state index >= 15 is 0 Å². The maximum atomic E-state index is 5.79. The zero-order valence-electron chi connectivity index (χ0n) is 16.1. The van der Waals surface area contributed by atoms with Gasteiger partial charge >= 0.3 is 0 Å². The first-order valence-corrected chi connectivity index (χ1v) is 10.7. The summed E-state index contributed by atoms with van der Waals surface area (Å²) in [6.07, 6.45) is 4.45. The van der Waals surface area contributed by atoms with Crippen LogP contribution in [0, 0.1) is 6.92 Å². The van der Waals surface area contributed by atoms with Crippen LogP contribution in [0.3, 0.4) is 0 Å². The van der Waals surface area contributed by atoms with Crippen LogP contribution in [0.15, 0.2) is 48.7 Å².